The number of piperazine rings is 1. The third-order valence-electron chi connectivity index (χ3n) is 5.31. The van der Waals surface area contributed by atoms with Crippen molar-refractivity contribution in [3.05, 3.63) is 47.0 Å². The van der Waals surface area contributed by atoms with Gasteiger partial charge in [0.1, 0.15) is 0 Å². The van der Waals surface area contributed by atoms with Crippen LogP contribution >= 0.6 is 11.3 Å². The average Bonchev–Trinajstić information content (AvgIpc) is 3.41. The van der Waals surface area contributed by atoms with E-state index in [4.69, 9.17) is 5.73 Å². The van der Waals surface area contributed by atoms with Crippen molar-refractivity contribution in [2.24, 2.45) is 10.7 Å². The highest BCUT2D eigenvalue weighted by Crippen LogP contribution is 2.23. The minimum absolute atomic E-state index is 0.196. The fraction of sp³-hybridized carbons (Fsp3) is 0.450. The molecule has 1 amide bonds. The molecule has 1 saturated heterocycles. The Labute approximate surface area is 169 Å². The predicted octanol–water partition coefficient (Wildman–Crippen LogP) is 1.90. The molecule has 8 heteroatoms. The maximum absolute atomic E-state index is 12.4. The molecule has 1 fully saturated rings. The van der Waals surface area contributed by atoms with Gasteiger partial charge in [-0.05, 0) is 17.5 Å². The van der Waals surface area contributed by atoms with Crippen molar-refractivity contribution in [1.82, 2.24) is 14.8 Å². The third-order valence-corrected chi connectivity index (χ3v) is 6.14. The first kappa shape index (κ1) is 18.7. The Kier molecular flexibility index (Phi) is 5.76. The minimum atomic E-state index is 0.196. The number of benzene rings is 1. The summed E-state index contributed by atoms with van der Waals surface area (Å²) in [4.78, 5) is 27.6. The molecular formula is C20H26N6OS. The lowest BCUT2D eigenvalue weighted by molar-refractivity contribution is -0.131. The Bertz CT molecular complexity index is 804. The standard InChI is InChI=1S/C20H26N6OS/c21-19(24-9-11-25(12-10-24)20-23-8-13-28-20)22-7-3-6-18(27)26-14-16-4-1-2-5-17(16)15-26/h1-2,4-5,8,13H,3,6-7,9-12,14-15H2,(H2,21,22). The number of nitrogens with zero attached hydrogens (tertiary/aromatic N) is 5. The quantitative estimate of drug-likeness (QED) is 0.473. The van der Waals surface area contributed by atoms with E-state index in [1.807, 2.05) is 28.6 Å². The fourth-order valence-corrected chi connectivity index (χ4v) is 4.39. The predicted molar refractivity (Wildman–Crippen MR) is 112 cm³/mol. The zero-order valence-electron chi connectivity index (χ0n) is 16.0. The van der Waals surface area contributed by atoms with Crippen LogP contribution < -0.4 is 10.6 Å². The van der Waals surface area contributed by atoms with E-state index in [0.29, 0.717) is 18.9 Å². The highest BCUT2D eigenvalue weighted by atomic mass is 32.1. The number of aliphatic imine (C=N–C) groups is 1. The van der Waals surface area contributed by atoms with Crippen LogP contribution in [0.15, 0.2) is 40.8 Å². The summed E-state index contributed by atoms with van der Waals surface area (Å²) in [6.45, 7) is 5.54. The maximum atomic E-state index is 12.4. The van der Waals surface area contributed by atoms with Gasteiger partial charge in [-0.3, -0.25) is 9.79 Å². The van der Waals surface area contributed by atoms with E-state index in [9.17, 15) is 4.79 Å². The number of thiazole rings is 1. The van der Waals surface area contributed by atoms with Crippen LogP contribution in [0.25, 0.3) is 0 Å². The molecular weight excluding hydrogens is 372 g/mol. The van der Waals surface area contributed by atoms with Crippen molar-refractivity contribution in [2.75, 3.05) is 37.6 Å². The SMILES string of the molecule is NC(=NCCCC(=O)N1Cc2ccccc2C1)N1CCN(c2nccs2)CC1. The van der Waals surface area contributed by atoms with Gasteiger partial charge in [0.15, 0.2) is 11.1 Å². The Hall–Kier alpha value is -2.61. The molecule has 0 aliphatic carbocycles. The molecule has 0 radical (unpaired) electrons. The highest BCUT2D eigenvalue weighted by molar-refractivity contribution is 7.13. The van der Waals surface area contributed by atoms with Gasteiger partial charge in [-0.25, -0.2) is 4.98 Å². The van der Waals surface area contributed by atoms with Crippen molar-refractivity contribution >= 4 is 28.3 Å². The van der Waals surface area contributed by atoms with Gasteiger partial charge in [0, 0.05) is 63.8 Å². The summed E-state index contributed by atoms with van der Waals surface area (Å²) >= 11 is 1.66. The summed E-state index contributed by atoms with van der Waals surface area (Å²) in [6.07, 6.45) is 3.08. The first-order valence-corrected chi connectivity index (χ1v) is 10.6. The van der Waals surface area contributed by atoms with E-state index >= 15 is 0 Å². The van der Waals surface area contributed by atoms with Crippen LogP contribution in [0.5, 0.6) is 0 Å². The van der Waals surface area contributed by atoms with Crippen LogP contribution in [0.2, 0.25) is 0 Å². The number of aromatic nitrogens is 1. The van der Waals surface area contributed by atoms with E-state index in [1.165, 1.54) is 11.1 Å². The van der Waals surface area contributed by atoms with Crippen LogP contribution in [0, 0.1) is 0 Å². The zero-order valence-corrected chi connectivity index (χ0v) is 16.8. The smallest absolute Gasteiger partial charge is 0.223 e. The highest BCUT2D eigenvalue weighted by Gasteiger charge is 2.22. The molecule has 0 unspecified atom stereocenters. The lowest BCUT2D eigenvalue weighted by atomic mass is 10.1. The topological polar surface area (TPSA) is 78.1 Å². The zero-order chi connectivity index (χ0) is 19.3. The van der Waals surface area contributed by atoms with E-state index in [0.717, 1.165) is 50.8 Å². The van der Waals surface area contributed by atoms with Gasteiger partial charge in [0.25, 0.3) is 0 Å². The Morgan fingerprint density at radius 1 is 1.11 bits per heavy atom. The van der Waals surface area contributed by atoms with Gasteiger partial charge in [0.05, 0.1) is 0 Å². The Morgan fingerprint density at radius 3 is 2.46 bits per heavy atom. The first-order chi connectivity index (χ1) is 13.7. The molecule has 3 heterocycles. The number of guanidine groups is 1. The largest absolute Gasteiger partial charge is 0.370 e. The van der Waals surface area contributed by atoms with Gasteiger partial charge in [-0.15, -0.1) is 11.3 Å². The molecule has 28 heavy (non-hydrogen) atoms. The van der Waals surface area contributed by atoms with E-state index in [-0.39, 0.29) is 5.91 Å². The van der Waals surface area contributed by atoms with Crippen LogP contribution in [-0.4, -0.2) is 59.4 Å². The molecule has 148 valence electrons. The van der Waals surface area contributed by atoms with Gasteiger partial charge < -0.3 is 20.4 Å². The minimum Gasteiger partial charge on any atom is -0.370 e. The normalized spacial score (nSPS) is 17.1. The summed E-state index contributed by atoms with van der Waals surface area (Å²) < 4.78 is 0. The lowest BCUT2D eigenvalue weighted by Crippen LogP contribution is -2.51. The molecule has 0 saturated carbocycles. The number of anilines is 1. The molecule has 2 N–H and O–H groups in total. The van der Waals surface area contributed by atoms with Crippen molar-refractivity contribution in [3.63, 3.8) is 0 Å². The van der Waals surface area contributed by atoms with Crippen LogP contribution in [0.3, 0.4) is 0 Å². The second kappa shape index (κ2) is 8.60. The van der Waals surface area contributed by atoms with Gasteiger partial charge in [-0.2, -0.15) is 0 Å². The number of hydrogen-bond acceptors (Lipinski definition) is 5. The Balaban J connectivity index is 1.18. The number of carbonyl (C=O) groups excluding carboxylic acids is 1. The summed E-state index contributed by atoms with van der Waals surface area (Å²) in [5.41, 5.74) is 8.68. The monoisotopic (exact) mass is 398 g/mol. The first-order valence-electron chi connectivity index (χ1n) is 9.74. The van der Waals surface area contributed by atoms with Crippen LogP contribution in [0.4, 0.5) is 5.13 Å². The number of amides is 1. The van der Waals surface area contributed by atoms with Crippen molar-refractivity contribution in [3.8, 4) is 0 Å². The molecule has 1 aromatic carbocycles. The van der Waals surface area contributed by atoms with Crippen molar-refractivity contribution in [2.45, 2.75) is 25.9 Å². The summed E-state index contributed by atoms with van der Waals surface area (Å²) in [7, 11) is 0. The fourth-order valence-electron chi connectivity index (χ4n) is 3.69. The third kappa shape index (κ3) is 4.27. The van der Waals surface area contributed by atoms with Gasteiger partial charge >= 0.3 is 0 Å². The number of hydrogen-bond donors (Lipinski definition) is 1. The molecule has 2 aliphatic heterocycles. The van der Waals surface area contributed by atoms with E-state index < -0.39 is 0 Å². The molecule has 7 nitrogen and oxygen atoms in total. The van der Waals surface area contributed by atoms with Crippen molar-refractivity contribution in [1.29, 1.82) is 0 Å². The lowest BCUT2D eigenvalue weighted by Gasteiger charge is -2.35. The average molecular weight is 399 g/mol. The van der Waals surface area contributed by atoms with Crippen LogP contribution in [-0.2, 0) is 17.9 Å². The summed E-state index contributed by atoms with van der Waals surface area (Å²) in [5, 5.41) is 3.07. The molecule has 4 rings (SSSR count). The van der Waals surface area contributed by atoms with E-state index in [2.05, 4.69) is 31.9 Å². The molecule has 0 atom stereocenters. The maximum Gasteiger partial charge on any atom is 0.223 e. The van der Waals surface area contributed by atoms with Crippen molar-refractivity contribution < 1.29 is 4.79 Å². The summed E-state index contributed by atoms with van der Waals surface area (Å²) in [5.74, 6) is 0.779. The number of rotatable bonds is 5. The molecule has 0 spiro atoms. The molecule has 2 aromatic rings. The van der Waals surface area contributed by atoms with Gasteiger partial charge in [0.2, 0.25) is 5.91 Å². The Morgan fingerprint density at radius 2 is 1.82 bits per heavy atom. The number of fused-ring (bicyclic) bond motifs is 1. The molecule has 1 aromatic heterocycles. The second-order valence-corrected chi connectivity index (χ2v) is 8.02. The summed E-state index contributed by atoms with van der Waals surface area (Å²) in [6, 6.07) is 8.26. The van der Waals surface area contributed by atoms with Gasteiger partial charge in [-0.1, -0.05) is 24.3 Å². The second-order valence-electron chi connectivity index (χ2n) is 7.15. The molecule has 0 bridgehead atoms. The number of carbonyl (C=O) groups is 1. The number of nitrogens with two attached hydrogens (primary N) is 1. The van der Waals surface area contributed by atoms with E-state index in [1.54, 1.807) is 11.3 Å². The van der Waals surface area contributed by atoms with Crippen LogP contribution in [0.1, 0.15) is 24.0 Å². The molecule has 2 aliphatic rings.